The standard InChI is InChI=1S/C14H18FN3O/c1-4-8-18-14(13(16)10(3)17-18)19-11-7-5-6-9(2)12(11)15/h5-7H,4,8,16H2,1-3H3. The molecule has 1 aromatic carbocycles. The van der Waals surface area contributed by atoms with Crippen LogP contribution in [0, 0.1) is 19.7 Å². The average Bonchev–Trinajstić information content (AvgIpc) is 2.63. The maximum absolute atomic E-state index is 13.9. The maximum atomic E-state index is 13.9. The second-order valence-electron chi connectivity index (χ2n) is 4.52. The number of halogens is 1. The molecule has 1 aromatic heterocycles. The summed E-state index contributed by atoms with van der Waals surface area (Å²) >= 11 is 0. The van der Waals surface area contributed by atoms with E-state index < -0.39 is 0 Å². The number of hydrogen-bond acceptors (Lipinski definition) is 3. The lowest BCUT2D eigenvalue weighted by Crippen LogP contribution is -2.03. The van der Waals surface area contributed by atoms with E-state index in [9.17, 15) is 4.39 Å². The van der Waals surface area contributed by atoms with Crippen LogP contribution in [0.15, 0.2) is 18.2 Å². The number of nitrogens with two attached hydrogens (primary N) is 1. The van der Waals surface area contributed by atoms with Gasteiger partial charge in [-0.2, -0.15) is 5.10 Å². The number of aromatic nitrogens is 2. The molecule has 0 saturated heterocycles. The topological polar surface area (TPSA) is 53.1 Å². The number of nitrogens with zero attached hydrogens (tertiary/aromatic N) is 2. The van der Waals surface area contributed by atoms with E-state index >= 15 is 0 Å². The summed E-state index contributed by atoms with van der Waals surface area (Å²) in [6, 6.07) is 5.03. The molecule has 0 fully saturated rings. The van der Waals surface area contributed by atoms with Gasteiger partial charge in [0.15, 0.2) is 11.6 Å². The molecular formula is C14H18FN3O. The van der Waals surface area contributed by atoms with E-state index in [1.54, 1.807) is 36.7 Å². The first-order valence-corrected chi connectivity index (χ1v) is 6.30. The Morgan fingerprint density at radius 2 is 2.11 bits per heavy atom. The summed E-state index contributed by atoms with van der Waals surface area (Å²) in [6.07, 6.45) is 0.896. The summed E-state index contributed by atoms with van der Waals surface area (Å²) in [5, 5.41) is 4.29. The second kappa shape index (κ2) is 5.30. The Morgan fingerprint density at radius 1 is 1.37 bits per heavy atom. The van der Waals surface area contributed by atoms with E-state index in [-0.39, 0.29) is 11.6 Å². The fraction of sp³-hybridized carbons (Fsp3) is 0.357. The van der Waals surface area contributed by atoms with Crippen molar-refractivity contribution < 1.29 is 9.13 Å². The third-order valence-corrected chi connectivity index (χ3v) is 2.92. The zero-order chi connectivity index (χ0) is 14.0. The Bertz CT molecular complexity index is 593. The SMILES string of the molecule is CCCn1nc(C)c(N)c1Oc1cccc(C)c1F. The molecule has 0 bridgehead atoms. The Balaban J connectivity index is 2.40. The number of benzene rings is 1. The first-order chi connectivity index (χ1) is 9.04. The van der Waals surface area contributed by atoms with Crippen molar-refractivity contribution in [2.45, 2.75) is 33.7 Å². The van der Waals surface area contributed by atoms with Gasteiger partial charge >= 0.3 is 0 Å². The largest absolute Gasteiger partial charge is 0.434 e. The Labute approximate surface area is 112 Å². The molecule has 0 atom stereocenters. The van der Waals surface area contributed by atoms with Gasteiger partial charge in [0.2, 0.25) is 5.88 Å². The number of nitrogen functional groups attached to an aromatic ring is 1. The average molecular weight is 263 g/mol. The van der Waals surface area contributed by atoms with Crippen LogP contribution < -0.4 is 10.5 Å². The van der Waals surface area contributed by atoms with Crippen LogP contribution in [0.4, 0.5) is 10.1 Å². The highest BCUT2D eigenvalue weighted by Gasteiger charge is 2.16. The lowest BCUT2D eigenvalue weighted by Gasteiger charge is -2.10. The zero-order valence-corrected chi connectivity index (χ0v) is 11.4. The Morgan fingerprint density at radius 3 is 2.79 bits per heavy atom. The number of anilines is 1. The van der Waals surface area contributed by atoms with E-state index in [1.807, 2.05) is 6.92 Å². The number of hydrogen-bond donors (Lipinski definition) is 1. The summed E-state index contributed by atoms with van der Waals surface area (Å²) in [4.78, 5) is 0. The monoisotopic (exact) mass is 263 g/mol. The molecule has 4 nitrogen and oxygen atoms in total. The third kappa shape index (κ3) is 2.54. The van der Waals surface area contributed by atoms with E-state index in [0.29, 0.717) is 29.4 Å². The molecule has 0 amide bonds. The summed E-state index contributed by atoms with van der Waals surface area (Å²) in [5.41, 5.74) is 7.62. The molecule has 0 aliphatic rings. The van der Waals surface area contributed by atoms with Crippen LogP contribution in [-0.4, -0.2) is 9.78 Å². The van der Waals surface area contributed by atoms with Crippen LogP contribution in [0.5, 0.6) is 11.6 Å². The minimum Gasteiger partial charge on any atom is -0.434 e. The fourth-order valence-corrected chi connectivity index (χ4v) is 1.85. The summed E-state index contributed by atoms with van der Waals surface area (Å²) in [6.45, 7) is 6.21. The molecule has 0 spiro atoms. The van der Waals surface area contributed by atoms with Gasteiger partial charge in [-0.3, -0.25) is 0 Å². The first kappa shape index (κ1) is 13.4. The van der Waals surface area contributed by atoms with Gasteiger partial charge < -0.3 is 10.5 Å². The number of ether oxygens (including phenoxy) is 1. The van der Waals surface area contributed by atoms with Crippen LogP contribution in [-0.2, 0) is 6.54 Å². The van der Waals surface area contributed by atoms with Gasteiger partial charge in [-0.1, -0.05) is 19.1 Å². The molecule has 0 unspecified atom stereocenters. The van der Waals surface area contributed by atoms with Crippen LogP contribution >= 0.6 is 0 Å². The first-order valence-electron chi connectivity index (χ1n) is 6.30. The fourth-order valence-electron chi connectivity index (χ4n) is 1.85. The minimum atomic E-state index is -0.371. The Hall–Kier alpha value is -2.04. The summed E-state index contributed by atoms with van der Waals surface area (Å²) < 4.78 is 21.2. The number of rotatable bonds is 4. The van der Waals surface area contributed by atoms with E-state index in [2.05, 4.69) is 5.10 Å². The van der Waals surface area contributed by atoms with Gasteiger partial charge in [-0.25, -0.2) is 9.07 Å². The van der Waals surface area contributed by atoms with Crippen molar-refractivity contribution in [2.75, 3.05) is 5.73 Å². The van der Waals surface area contributed by atoms with Crippen molar-refractivity contribution in [2.24, 2.45) is 0 Å². The molecule has 2 rings (SSSR count). The van der Waals surface area contributed by atoms with Crippen molar-refractivity contribution in [3.63, 3.8) is 0 Å². The highest BCUT2D eigenvalue weighted by atomic mass is 19.1. The van der Waals surface area contributed by atoms with Crippen molar-refractivity contribution in [1.29, 1.82) is 0 Å². The van der Waals surface area contributed by atoms with Crippen LogP contribution in [0.1, 0.15) is 24.6 Å². The summed E-state index contributed by atoms with van der Waals surface area (Å²) in [7, 11) is 0. The molecule has 2 aromatic rings. The molecular weight excluding hydrogens is 245 g/mol. The molecule has 1 heterocycles. The molecule has 19 heavy (non-hydrogen) atoms. The van der Waals surface area contributed by atoms with Crippen LogP contribution in [0.3, 0.4) is 0 Å². The molecule has 5 heteroatoms. The predicted molar refractivity (Wildman–Crippen MR) is 72.9 cm³/mol. The highest BCUT2D eigenvalue weighted by molar-refractivity contribution is 5.54. The lowest BCUT2D eigenvalue weighted by atomic mass is 10.2. The summed E-state index contributed by atoms with van der Waals surface area (Å²) in [5.74, 6) is 0.205. The lowest BCUT2D eigenvalue weighted by molar-refractivity contribution is 0.388. The maximum Gasteiger partial charge on any atom is 0.241 e. The van der Waals surface area contributed by atoms with Gasteiger partial charge in [0.25, 0.3) is 0 Å². The second-order valence-corrected chi connectivity index (χ2v) is 4.52. The molecule has 102 valence electrons. The quantitative estimate of drug-likeness (QED) is 0.919. The molecule has 2 N–H and O–H groups in total. The molecule has 0 aliphatic heterocycles. The van der Waals surface area contributed by atoms with Crippen molar-refractivity contribution in [1.82, 2.24) is 9.78 Å². The zero-order valence-electron chi connectivity index (χ0n) is 11.4. The smallest absolute Gasteiger partial charge is 0.241 e. The van der Waals surface area contributed by atoms with E-state index in [4.69, 9.17) is 10.5 Å². The van der Waals surface area contributed by atoms with Crippen molar-refractivity contribution >= 4 is 5.69 Å². The normalized spacial score (nSPS) is 10.7. The van der Waals surface area contributed by atoms with Crippen molar-refractivity contribution in [3.8, 4) is 11.6 Å². The van der Waals surface area contributed by atoms with Gasteiger partial charge in [0.1, 0.15) is 5.69 Å². The molecule has 0 radical (unpaired) electrons. The van der Waals surface area contributed by atoms with Gasteiger partial charge in [0.05, 0.1) is 5.69 Å². The van der Waals surface area contributed by atoms with Gasteiger partial charge in [0, 0.05) is 6.54 Å². The van der Waals surface area contributed by atoms with Crippen LogP contribution in [0.25, 0.3) is 0 Å². The number of aryl methyl sites for hydroxylation is 3. The third-order valence-electron chi connectivity index (χ3n) is 2.92. The van der Waals surface area contributed by atoms with Gasteiger partial charge in [-0.05, 0) is 31.9 Å². The van der Waals surface area contributed by atoms with E-state index in [1.165, 1.54) is 0 Å². The van der Waals surface area contributed by atoms with Crippen molar-refractivity contribution in [3.05, 3.63) is 35.3 Å². The Kier molecular flexibility index (Phi) is 3.74. The molecule has 0 aliphatic carbocycles. The van der Waals surface area contributed by atoms with Gasteiger partial charge in [-0.15, -0.1) is 0 Å². The molecule has 0 saturated carbocycles. The predicted octanol–water partition coefficient (Wildman–Crippen LogP) is 3.42. The highest BCUT2D eigenvalue weighted by Crippen LogP contribution is 2.32. The van der Waals surface area contributed by atoms with Crippen LogP contribution in [0.2, 0.25) is 0 Å². The minimum absolute atomic E-state index is 0.170. The van der Waals surface area contributed by atoms with E-state index in [0.717, 1.165) is 6.42 Å².